The normalized spacial score (nSPS) is 11.3. The Morgan fingerprint density at radius 2 is 1.27 bits per heavy atom. The summed E-state index contributed by atoms with van der Waals surface area (Å²) < 4.78 is 0. The van der Waals surface area contributed by atoms with Gasteiger partial charge in [0.2, 0.25) is 16.1 Å². The van der Waals surface area contributed by atoms with E-state index in [-0.39, 0.29) is 34.0 Å². The zero-order valence-electron chi connectivity index (χ0n) is 27.0. The lowest BCUT2D eigenvalue weighted by atomic mass is 10.1. The Balaban J connectivity index is 1.34. The molecule has 1 atom stereocenters. The van der Waals surface area contributed by atoms with E-state index in [4.69, 9.17) is 11.5 Å². The van der Waals surface area contributed by atoms with Crippen molar-refractivity contribution in [2.24, 2.45) is 16.5 Å². The Labute approximate surface area is 290 Å². The van der Waals surface area contributed by atoms with E-state index >= 15 is 0 Å². The van der Waals surface area contributed by atoms with E-state index in [1.807, 2.05) is 48.5 Å². The second kappa shape index (κ2) is 22.4. The summed E-state index contributed by atoms with van der Waals surface area (Å²) in [5.74, 6) is 0.986. The van der Waals surface area contributed by atoms with Gasteiger partial charge in [-0.25, -0.2) is 4.99 Å². The molecule has 0 spiro atoms. The molecule has 0 aliphatic carbocycles. The number of rotatable bonds is 21. The summed E-state index contributed by atoms with van der Waals surface area (Å²) in [5.41, 5.74) is 13.5. The van der Waals surface area contributed by atoms with Crippen molar-refractivity contribution in [1.29, 1.82) is 0 Å². The van der Waals surface area contributed by atoms with Gasteiger partial charge in [-0.1, -0.05) is 96.3 Å². The smallest absolute Gasteiger partial charge is 0.251 e. The molecule has 256 valence electrons. The number of aliphatic imine (C=N–C) groups is 1. The van der Waals surface area contributed by atoms with Gasteiger partial charge in [-0.2, -0.15) is 0 Å². The van der Waals surface area contributed by atoms with Crippen molar-refractivity contribution < 1.29 is 19.2 Å². The molecule has 1 unspecified atom stereocenters. The fourth-order valence-corrected chi connectivity index (χ4v) is 5.89. The summed E-state index contributed by atoms with van der Waals surface area (Å²) in [4.78, 5) is 53.7. The maximum atomic E-state index is 12.6. The van der Waals surface area contributed by atoms with E-state index in [1.54, 1.807) is 36.4 Å². The minimum absolute atomic E-state index is 0.00291. The first kappa shape index (κ1) is 38.3. The van der Waals surface area contributed by atoms with Gasteiger partial charge >= 0.3 is 0 Å². The first-order chi connectivity index (χ1) is 23.3. The maximum Gasteiger partial charge on any atom is 0.251 e. The molecule has 0 fully saturated rings. The highest BCUT2D eigenvalue weighted by Crippen LogP contribution is 2.13. The maximum absolute atomic E-state index is 12.6. The molecule has 0 saturated heterocycles. The van der Waals surface area contributed by atoms with Crippen LogP contribution < -0.4 is 32.7 Å². The van der Waals surface area contributed by atoms with E-state index < -0.39 is 0 Å². The predicted octanol–water partition coefficient (Wildman–Crippen LogP) is 3.17. The zero-order chi connectivity index (χ0) is 34.4. The quantitative estimate of drug-likeness (QED) is 0.0552. The molecule has 0 bridgehead atoms. The van der Waals surface area contributed by atoms with Crippen molar-refractivity contribution in [3.05, 3.63) is 107 Å². The van der Waals surface area contributed by atoms with Crippen LogP contribution >= 0.6 is 23.5 Å². The highest BCUT2D eigenvalue weighted by molar-refractivity contribution is 8.14. The number of thioether (sulfide) groups is 2. The summed E-state index contributed by atoms with van der Waals surface area (Å²) >= 11 is 2.54. The van der Waals surface area contributed by atoms with Gasteiger partial charge in [0.05, 0.1) is 6.54 Å². The fourth-order valence-electron chi connectivity index (χ4n) is 4.45. The lowest BCUT2D eigenvalue weighted by molar-refractivity contribution is -0.121. The minimum Gasteiger partial charge on any atom is -0.370 e. The number of nitrogens with two attached hydrogens (primary N) is 2. The highest BCUT2D eigenvalue weighted by atomic mass is 32.2. The van der Waals surface area contributed by atoms with Gasteiger partial charge in [0.15, 0.2) is 5.96 Å². The van der Waals surface area contributed by atoms with Gasteiger partial charge in [0.1, 0.15) is 0 Å². The van der Waals surface area contributed by atoms with Crippen molar-refractivity contribution in [1.82, 2.24) is 21.3 Å². The Morgan fingerprint density at radius 3 is 1.88 bits per heavy atom. The van der Waals surface area contributed by atoms with Crippen LogP contribution in [0.1, 0.15) is 55.9 Å². The van der Waals surface area contributed by atoms with Crippen molar-refractivity contribution in [2.75, 3.05) is 44.2 Å². The Bertz CT molecular complexity index is 1450. The van der Waals surface area contributed by atoms with Crippen LogP contribution in [-0.2, 0) is 11.3 Å². The zero-order valence-corrected chi connectivity index (χ0v) is 28.6. The van der Waals surface area contributed by atoms with Crippen LogP contribution in [0, 0.1) is 0 Å². The van der Waals surface area contributed by atoms with Crippen LogP contribution in [0.15, 0.2) is 89.9 Å². The number of nitrogens with zero attached hydrogens (tertiary/aromatic N) is 1. The lowest BCUT2D eigenvalue weighted by Gasteiger charge is -2.19. The molecule has 11 nitrogen and oxygen atoms in total. The second-order valence-corrected chi connectivity index (χ2v) is 12.9. The Kier molecular flexibility index (Phi) is 17.9. The molecule has 3 rings (SSSR count). The van der Waals surface area contributed by atoms with E-state index in [1.165, 1.54) is 23.5 Å². The molecule has 0 aliphatic heterocycles. The van der Waals surface area contributed by atoms with Gasteiger partial charge in [-0.15, -0.1) is 0 Å². The summed E-state index contributed by atoms with van der Waals surface area (Å²) in [6.07, 6.45) is 1.52. The van der Waals surface area contributed by atoms with Crippen molar-refractivity contribution in [2.45, 2.75) is 31.8 Å². The van der Waals surface area contributed by atoms with Crippen LogP contribution in [0.2, 0.25) is 0 Å². The average molecular weight is 692 g/mol. The highest BCUT2D eigenvalue weighted by Gasteiger charge is 2.13. The molecule has 8 N–H and O–H groups in total. The summed E-state index contributed by atoms with van der Waals surface area (Å²) in [5, 5.41) is 12.7. The van der Waals surface area contributed by atoms with Gasteiger partial charge in [-0.3, -0.25) is 19.2 Å². The third-order valence-electron chi connectivity index (χ3n) is 7.03. The first-order valence-electron chi connectivity index (χ1n) is 15.9. The first-order valence-corrected chi connectivity index (χ1v) is 17.9. The molecule has 13 heteroatoms. The fraction of sp³-hybridized carbons (Fsp3) is 0.343. The molecule has 0 heterocycles. The van der Waals surface area contributed by atoms with Gasteiger partial charge in [0.25, 0.3) is 5.91 Å². The number of carbonyl (C=O) groups excluding carboxylic acids is 4. The van der Waals surface area contributed by atoms with Crippen molar-refractivity contribution in [3.8, 4) is 0 Å². The van der Waals surface area contributed by atoms with Crippen LogP contribution in [0.3, 0.4) is 0 Å². The molecule has 0 aliphatic rings. The van der Waals surface area contributed by atoms with Gasteiger partial charge < -0.3 is 32.7 Å². The summed E-state index contributed by atoms with van der Waals surface area (Å²) in [6, 6.07) is 25.4. The number of carbonyl (C=O) groups is 4. The monoisotopic (exact) mass is 691 g/mol. The second-order valence-electron chi connectivity index (χ2n) is 10.8. The van der Waals surface area contributed by atoms with Gasteiger partial charge in [-0.05, 0) is 30.5 Å². The molecule has 3 aromatic rings. The number of benzene rings is 3. The number of guanidine groups is 1. The van der Waals surface area contributed by atoms with E-state index in [0.717, 1.165) is 5.56 Å². The van der Waals surface area contributed by atoms with Crippen LogP contribution in [0.5, 0.6) is 0 Å². The van der Waals surface area contributed by atoms with E-state index in [2.05, 4.69) is 26.3 Å². The van der Waals surface area contributed by atoms with Crippen LogP contribution in [0.4, 0.5) is 0 Å². The largest absolute Gasteiger partial charge is 0.370 e. The van der Waals surface area contributed by atoms with E-state index in [9.17, 15) is 19.2 Å². The van der Waals surface area contributed by atoms with Gasteiger partial charge in [0, 0.05) is 73.4 Å². The number of hydrogen-bond acceptors (Lipinski definition) is 9. The summed E-state index contributed by atoms with van der Waals surface area (Å²) in [6.45, 7) is 3.08. The standard InChI is InChI=1S/C35H45N7O4S2/c36-35(37)42-24-26-12-14-27(15-13-26)32(44)41-19-7-18-40-31(43)17-16-30(39-21-23-48-34(46)29-10-5-2-6-11-29)25-38-20-22-47-33(45)28-8-3-1-4-9-28/h1-6,8-15,30,38-39H,7,16-25H2,(H,40,43)(H,41,44)(H4,36,37,42). The SMILES string of the molecule is NC(N)=NCc1ccc(C(=O)NCCCNC(=O)CCC(CNCCSC(=O)c2ccccc2)NCCSC(=O)c2ccccc2)cc1. The number of hydrogen-bond donors (Lipinski definition) is 6. The third kappa shape index (κ3) is 15.6. The molecule has 3 aromatic carbocycles. The topological polar surface area (TPSA) is 181 Å². The average Bonchev–Trinajstić information content (AvgIpc) is 3.11. The molecular formula is C35H45N7O4S2. The van der Waals surface area contributed by atoms with Crippen LogP contribution in [-0.4, -0.2) is 78.3 Å². The molecule has 0 aromatic heterocycles. The summed E-state index contributed by atoms with van der Waals surface area (Å²) in [7, 11) is 0. The number of amides is 2. The van der Waals surface area contributed by atoms with E-state index in [0.29, 0.717) is 86.7 Å². The van der Waals surface area contributed by atoms with Crippen LogP contribution in [0.25, 0.3) is 0 Å². The predicted molar refractivity (Wildman–Crippen MR) is 196 cm³/mol. The van der Waals surface area contributed by atoms with Crippen molar-refractivity contribution >= 4 is 51.5 Å². The molecule has 0 radical (unpaired) electrons. The molecule has 2 amide bonds. The van der Waals surface area contributed by atoms with Crippen molar-refractivity contribution in [3.63, 3.8) is 0 Å². The third-order valence-corrected chi connectivity index (χ3v) is 8.84. The Morgan fingerprint density at radius 1 is 0.688 bits per heavy atom. The Hall–Kier alpha value is -4.17. The molecule has 0 saturated carbocycles. The molecule has 48 heavy (non-hydrogen) atoms. The number of nitrogens with one attached hydrogen (secondary N) is 4. The minimum atomic E-state index is -0.192. The lowest BCUT2D eigenvalue weighted by Crippen LogP contribution is -2.41. The molecular weight excluding hydrogens is 647 g/mol.